The first-order valence-electron chi connectivity index (χ1n) is 4.90. The first-order valence-corrected chi connectivity index (χ1v) is 4.90. The van der Waals surface area contributed by atoms with Gasteiger partial charge in [0.2, 0.25) is 0 Å². The van der Waals surface area contributed by atoms with E-state index in [1.165, 1.54) is 13.0 Å². The van der Waals surface area contributed by atoms with E-state index in [4.69, 9.17) is 4.42 Å². The van der Waals surface area contributed by atoms with Crippen molar-refractivity contribution >= 4 is 5.97 Å². The third kappa shape index (κ3) is 2.06. The Balaban J connectivity index is 2.46. The maximum Gasteiger partial charge on any atom is 0.396 e. The lowest BCUT2D eigenvalue weighted by Crippen LogP contribution is -2.00. The number of ether oxygens (including phenoxy) is 1. The van der Waals surface area contributed by atoms with Gasteiger partial charge in [0.15, 0.2) is 0 Å². The fourth-order valence-electron chi connectivity index (χ4n) is 1.32. The zero-order valence-electron chi connectivity index (χ0n) is 9.53. The standard InChI is InChI=1S/C11H8F2N2O3/c1-5-3-6(8(13)4-7(5)12)9-14-15-10(18-9)11(16)17-2/h3-4H,1-2H3. The van der Waals surface area contributed by atoms with Crippen molar-refractivity contribution in [2.24, 2.45) is 0 Å². The van der Waals surface area contributed by atoms with Crippen molar-refractivity contribution in [3.63, 3.8) is 0 Å². The van der Waals surface area contributed by atoms with Gasteiger partial charge < -0.3 is 9.15 Å². The lowest BCUT2D eigenvalue weighted by Gasteiger charge is -2.01. The topological polar surface area (TPSA) is 65.2 Å². The van der Waals surface area contributed by atoms with Gasteiger partial charge in [-0.05, 0) is 18.6 Å². The van der Waals surface area contributed by atoms with Gasteiger partial charge in [-0.25, -0.2) is 13.6 Å². The van der Waals surface area contributed by atoms with Crippen LogP contribution in [0.15, 0.2) is 16.5 Å². The second kappa shape index (κ2) is 4.52. The summed E-state index contributed by atoms with van der Waals surface area (Å²) in [5, 5.41) is 6.91. The van der Waals surface area contributed by atoms with Gasteiger partial charge in [0.25, 0.3) is 5.89 Å². The molecule has 0 radical (unpaired) electrons. The van der Waals surface area contributed by atoms with Crippen LogP contribution in [0.5, 0.6) is 0 Å². The highest BCUT2D eigenvalue weighted by Gasteiger charge is 2.19. The molecule has 0 amide bonds. The number of hydrogen-bond acceptors (Lipinski definition) is 5. The lowest BCUT2D eigenvalue weighted by atomic mass is 10.1. The molecule has 2 aromatic rings. The summed E-state index contributed by atoms with van der Waals surface area (Å²) < 4.78 is 35.9. The molecule has 0 aliphatic heterocycles. The van der Waals surface area contributed by atoms with Crippen molar-refractivity contribution < 1.29 is 22.7 Å². The molecule has 0 saturated carbocycles. The minimum absolute atomic E-state index is 0.0726. The van der Waals surface area contributed by atoms with Gasteiger partial charge >= 0.3 is 11.9 Å². The summed E-state index contributed by atoms with van der Waals surface area (Å²) in [4.78, 5) is 11.1. The summed E-state index contributed by atoms with van der Waals surface area (Å²) in [6.45, 7) is 1.47. The zero-order chi connectivity index (χ0) is 13.3. The van der Waals surface area contributed by atoms with E-state index in [0.29, 0.717) is 6.07 Å². The number of halogens is 2. The van der Waals surface area contributed by atoms with Gasteiger partial charge in [0.05, 0.1) is 12.7 Å². The van der Waals surface area contributed by atoms with Crippen LogP contribution < -0.4 is 0 Å². The molecular weight excluding hydrogens is 246 g/mol. The number of methoxy groups -OCH3 is 1. The summed E-state index contributed by atoms with van der Waals surface area (Å²) in [6.07, 6.45) is 0. The van der Waals surface area contributed by atoms with Crippen LogP contribution in [0.3, 0.4) is 0 Å². The Morgan fingerprint density at radius 2 is 2.00 bits per heavy atom. The number of esters is 1. The molecular formula is C11H8F2N2O3. The minimum atomic E-state index is -0.849. The number of aryl methyl sites for hydroxylation is 1. The van der Waals surface area contributed by atoms with Gasteiger partial charge in [-0.2, -0.15) is 0 Å². The van der Waals surface area contributed by atoms with Crippen molar-refractivity contribution in [2.45, 2.75) is 6.92 Å². The number of benzene rings is 1. The van der Waals surface area contributed by atoms with E-state index in [1.54, 1.807) is 0 Å². The summed E-state index contributed by atoms with van der Waals surface area (Å²) in [5.74, 6) is -2.96. The van der Waals surface area contributed by atoms with E-state index in [9.17, 15) is 13.6 Å². The van der Waals surface area contributed by atoms with Crippen LogP contribution in [0.25, 0.3) is 11.5 Å². The number of carbonyl (C=O) groups is 1. The Hall–Kier alpha value is -2.31. The SMILES string of the molecule is COC(=O)c1nnc(-c2cc(C)c(F)cc2F)o1. The van der Waals surface area contributed by atoms with Crippen molar-refractivity contribution in [3.8, 4) is 11.5 Å². The van der Waals surface area contributed by atoms with E-state index in [2.05, 4.69) is 14.9 Å². The number of rotatable bonds is 2. The second-order valence-corrected chi connectivity index (χ2v) is 3.49. The molecule has 0 N–H and O–H groups in total. The van der Waals surface area contributed by atoms with Gasteiger partial charge in [-0.15, -0.1) is 10.2 Å². The second-order valence-electron chi connectivity index (χ2n) is 3.49. The molecule has 18 heavy (non-hydrogen) atoms. The van der Waals surface area contributed by atoms with Crippen molar-refractivity contribution in [3.05, 3.63) is 35.2 Å². The van der Waals surface area contributed by atoms with Crippen LogP contribution >= 0.6 is 0 Å². The van der Waals surface area contributed by atoms with Crippen LogP contribution in [0.4, 0.5) is 8.78 Å². The molecule has 0 atom stereocenters. The van der Waals surface area contributed by atoms with Crippen molar-refractivity contribution in [2.75, 3.05) is 7.11 Å². The summed E-state index contributed by atoms with van der Waals surface area (Å²) in [5.41, 5.74) is 0.153. The first kappa shape index (κ1) is 12.2. The lowest BCUT2D eigenvalue weighted by molar-refractivity contribution is 0.0556. The average Bonchev–Trinajstić information content (AvgIpc) is 2.82. The maximum absolute atomic E-state index is 13.5. The van der Waals surface area contributed by atoms with Crippen LogP contribution in [-0.2, 0) is 4.74 Å². The highest BCUT2D eigenvalue weighted by molar-refractivity contribution is 5.84. The predicted octanol–water partition coefficient (Wildman–Crippen LogP) is 2.11. The third-order valence-electron chi connectivity index (χ3n) is 2.26. The molecule has 0 saturated heterocycles. The highest BCUT2D eigenvalue weighted by Crippen LogP contribution is 2.24. The molecule has 2 rings (SSSR count). The van der Waals surface area contributed by atoms with E-state index in [1.807, 2.05) is 0 Å². The summed E-state index contributed by atoms with van der Waals surface area (Å²) >= 11 is 0. The Bertz CT molecular complexity index is 610. The fraction of sp³-hybridized carbons (Fsp3) is 0.182. The van der Waals surface area contributed by atoms with Crippen LogP contribution in [-0.4, -0.2) is 23.3 Å². The normalized spacial score (nSPS) is 10.4. The monoisotopic (exact) mass is 254 g/mol. The first-order chi connectivity index (χ1) is 8.52. The molecule has 7 heteroatoms. The largest absolute Gasteiger partial charge is 0.462 e. The molecule has 0 aliphatic carbocycles. The average molecular weight is 254 g/mol. The summed E-state index contributed by atoms with van der Waals surface area (Å²) in [7, 11) is 1.15. The van der Waals surface area contributed by atoms with Crippen molar-refractivity contribution in [1.29, 1.82) is 0 Å². The molecule has 1 aromatic carbocycles. The van der Waals surface area contributed by atoms with Crippen molar-refractivity contribution in [1.82, 2.24) is 10.2 Å². The van der Waals surface area contributed by atoms with Crippen LogP contribution in [0.1, 0.15) is 16.2 Å². The minimum Gasteiger partial charge on any atom is -0.462 e. The van der Waals surface area contributed by atoms with Gasteiger partial charge in [0.1, 0.15) is 11.6 Å². The van der Waals surface area contributed by atoms with E-state index < -0.39 is 23.5 Å². The Morgan fingerprint density at radius 1 is 1.28 bits per heavy atom. The molecule has 0 fully saturated rings. The van der Waals surface area contributed by atoms with Crippen LogP contribution in [0.2, 0.25) is 0 Å². The van der Waals surface area contributed by atoms with Gasteiger partial charge in [0, 0.05) is 6.07 Å². The number of nitrogens with zero attached hydrogens (tertiary/aromatic N) is 2. The number of hydrogen-bond donors (Lipinski definition) is 0. The molecule has 5 nitrogen and oxygen atoms in total. The Kier molecular flexibility index (Phi) is 3.05. The predicted molar refractivity (Wildman–Crippen MR) is 55.7 cm³/mol. The Morgan fingerprint density at radius 3 is 2.67 bits per heavy atom. The molecule has 1 aromatic heterocycles. The number of aromatic nitrogens is 2. The quantitative estimate of drug-likeness (QED) is 0.768. The molecule has 94 valence electrons. The Labute approximate surface area is 100 Å². The van der Waals surface area contributed by atoms with E-state index in [0.717, 1.165) is 7.11 Å². The smallest absolute Gasteiger partial charge is 0.396 e. The zero-order valence-corrected chi connectivity index (χ0v) is 9.53. The molecule has 0 spiro atoms. The molecule has 0 aliphatic rings. The summed E-state index contributed by atoms with van der Waals surface area (Å²) in [6, 6.07) is 1.94. The molecule has 1 heterocycles. The molecule has 0 bridgehead atoms. The van der Waals surface area contributed by atoms with E-state index in [-0.39, 0.29) is 17.0 Å². The van der Waals surface area contributed by atoms with Gasteiger partial charge in [-0.3, -0.25) is 0 Å². The van der Waals surface area contributed by atoms with Crippen LogP contribution in [0, 0.1) is 18.6 Å². The highest BCUT2D eigenvalue weighted by atomic mass is 19.1. The third-order valence-corrected chi connectivity index (χ3v) is 2.26. The molecule has 0 unspecified atom stereocenters. The maximum atomic E-state index is 13.5. The fourth-order valence-corrected chi connectivity index (χ4v) is 1.32. The van der Waals surface area contributed by atoms with E-state index >= 15 is 0 Å². The van der Waals surface area contributed by atoms with Gasteiger partial charge in [-0.1, -0.05) is 0 Å². The number of carbonyl (C=O) groups excluding carboxylic acids is 1.